The molecule has 2 atom stereocenters. The van der Waals surface area contributed by atoms with E-state index in [1.165, 1.54) is 26.0 Å². The van der Waals surface area contributed by atoms with E-state index in [9.17, 15) is 35.9 Å². The average Bonchev–Trinajstić information content (AvgIpc) is 3.27. The Morgan fingerprint density at radius 3 is 2.15 bits per heavy atom. The Kier molecular flexibility index (Phi) is 9.28. The Hall–Kier alpha value is -4.56. The van der Waals surface area contributed by atoms with Gasteiger partial charge >= 0.3 is 24.4 Å². The van der Waals surface area contributed by atoms with Crippen LogP contribution in [0.25, 0.3) is 11.1 Å². The average molecular weight is 681 g/mol. The number of ether oxygens (including phenoxy) is 3. The highest BCUT2D eigenvalue weighted by Gasteiger charge is 2.44. The molecule has 15 heteroatoms. The molecule has 1 amide bonds. The van der Waals surface area contributed by atoms with Gasteiger partial charge in [-0.25, -0.2) is 14.8 Å². The van der Waals surface area contributed by atoms with Gasteiger partial charge in [0.15, 0.2) is 0 Å². The SMILES string of the molecule is COC(=O)CC(C)(C)c1ccc(OC)c(-c2cnc(N3CCC3)nc2CN2C(=O)OC(c3cc(C(F)(F)F)cc(C(F)(F)F)c3)C2C)c1. The van der Waals surface area contributed by atoms with E-state index in [1.807, 2.05) is 30.9 Å². The van der Waals surface area contributed by atoms with Gasteiger partial charge in [0.1, 0.15) is 11.9 Å². The first-order valence-corrected chi connectivity index (χ1v) is 15.1. The molecule has 9 nitrogen and oxygen atoms in total. The maximum atomic E-state index is 13.6. The minimum absolute atomic E-state index is 0.0289. The molecule has 258 valence electrons. The van der Waals surface area contributed by atoms with Crippen LogP contribution in [0.3, 0.4) is 0 Å². The van der Waals surface area contributed by atoms with Crippen molar-refractivity contribution in [2.45, 2.75) is 70.1 Å². The zero-order chi connectivity index (χ0) is 35.2. The van der Waals surface area contributed by atoms with Crippen molar-refractivity contribution >= 4 is 18.0 Å². The van der Waals surface area contributed by atoms with E-state index in [-0.39, 0.29) is 19.0 Å². The number of benzene rings is 2. The van der Waals surface area contributed by atoms with Gasteiger partial charge in [0.2, 0.25) is 5.95 Å². The monoisotopic (exact) mass is 680 g/mol. The molecule has 0 saturated carbocycles. The molecule has 0 spiro atoms. The lowest BCUT2D eigenvalue weighted by Crippen LogP contribution is -2.39. The molecule has 2 saturated heterocycles. The maximum Gasteiger partial charge on any atom is 0.416 e. The van der Waals surface area contributed by atoms with Crippen molar-refractivity contribution in [2.24, 2.45) is 0 Å². The lowest BCUT2D eigenvalue weighted by Gasteiger charge is -2.31. The van der Waals surface area contributed by atoms with Crippen LogP contribution in [0.5, 0.6) is 5.75 Å². The van der Waals surface area contributed by atoms with E-state index in [0.717, 1.165) is 12.0 Å². The lowest BCUT2D eigenvalue weighted by molar-refractivity contribution is -0.144. The predicted molar refractivity (Wildman–Crippen MR) is 161 cm³/mol. The van der Waals surface area contributed by atoms with E-state index < -0.39 is 58.7 Å². The van der Waals surface area contributed by atoms with Gasteiger partial charge in [-0.3, -0.25) is 9.69 Å². The Bertz CT molecular complexity index is 1670. The summed E-state index contributed by atoms with van der Waals surface area (Å²) in [6.45, 7) is 6.44. The molecule has 1 aromatic heterocycles. The highest BCUT2D eigenvalue weighted by Crippen LogP contribution is 2.43. The van der Waals surface area contributed by atoms with Crippen molar-refractivity contribution in [1.29, 1.82) is 0 Å². The third-order valence-electron chi connectivity index (χ3n) is 8.73. The molecular weight excluding hydrogens is 646 g/mol. The molecule has 0 aliphatic carbocycles. The number of esters is 1. The minimum atomic E-state index is -5.07. The summed E-state index contributed by atoms with van der Waals surface area (Å²) >= 11 is 0. The third-order valence-corrected chi connectivity index (χ3v) is 8.73. The van der Waals surface area contributed by atoms with E-state index in [1.54, 1.807) is 12.3 Å². The number of alkyl halides is 6. The molecular formula is C33H34F6N4O5. The minimum Gasteiger partial charge on any atom is -0.496 e. The summed E-state index contributed by atoms with van der Waals surface area (Å²) in [5.41, 5.74) is -1.99. The number of aromatic nitrogens is 2. The van der Waals surface area contributed by atoms with Gasteiger partial charge in [-0.05, 0) is 54.8 Å². The molecule has 3 heterocycles. The van der Waals surface area contributed by atoms with Crippen molar-refractivity contribution in [1.82, 2.24) is 14.9 Å². The van der Waals surface area contributed by atoms with Gasteiger partial charge < -0.3 is 19.1 Å². The number of hydrogen-bond acceptors (Lipinski definition) is 8. The third kappa shape index (κ3) is 6.99. The number of cyclic esters (lactones) is 1. The molecule has 2 aliphatic rings. The Balaban J connectivity index is 1.56. The van der Waals surface area contributed by atoms with Gasteiger partial charge in [-0.15, -0.1) is 0 Å². The van der Waals surface area contributed by atoms with E-state index in [2.05, 4.69) is 4.98 Å². The normalized spacial score (nSPS) is 18.4. The number of rotatable bonds is 9. The first kappa shape index (κ1) is 34.8. The fourth-order valence-corrected chi connectivity index (χ4v) is 5.76. The molecule has 0 radical (unpaired) electrons. The molecule has 0 N–H and O–H groups in total. The number of methoxy groups -OCH3 is 2. The summed E-state index contributed by atoms with van der Waals surface area (Å²) in [4.78, 5) is 37.8. The Morgan fingerprint density at radius 1 is 0.958 bits per heavy atom. The fraction of sp³-hybridized carbons (Fsp3) is 0.455. The van der Waals surface area contributed by atoms with E-state index >= 15 is 0 Å². The van der Waals surface area contributed by atoms with Gasteiger partial charge in [0, 0.05) is 35.8 Å². The van der Waals surface area contributed by atoms with E-state index in [4.69, 9.17) is 19.2 Å². The molecule has 2 unspecified atom stereocenters. The number of carbonyl (C=O) groups is 2. The zero-order valence-corrected chi connectivity index (χ0v) is 26.8. The van der Waals surface area contributed by atoms with E-state index in [0.29, 0.717) is 53.7 Å². The quantitative estimate of drug-likeness (QED) is 0.172. The van der Waals surface area contributed by atoms with Crippen LogP contribution in [-0.2, 0) is 38.6 Å². The molecule has 5 rings (SSSR count). The van der Waals surface area contributed by atoms with Crippen molar-refractivity contribution < 1.29 is 50.1 Å². The molecule has 2 aliphatic heterocycles. The zero-order valence-electron chi connectivity index (χ0n) is 26.8. The van der Waals surface area contributed by atoms with Gasteiger partial charge in [-0.1, -0.05) is 19.9 Å². The second-order valence-electron chi connectivity index (χ2n) is 12.4. The second-order valence-corrected chi connectivity index (χ2v) is 12.4. The number of carbonyl (C=O) groups excluding carboxylic acids is 2. The second kappa shape index (κ2) is 12.8. The van der Waals surface area contributed by atoms with Crippen LogP contribution in [0.15, 0.2) is 42.6 Å². The highest BCUT2D eigenvalue weighted by atomic mass is 19.4. The first-order valence-electron chi connectivity index (χ1n) is 15.1. The van der Waals surface area contributed by atoms with Gasteiger partial charge in [0.25, 0.3) is 0 Å². The fourth-order valence-electron chi connectivity index (χ4n) is 5.76. The van der Waals surface area contributed by atoms with Crippen LogP contribution in [0, 0.1) is 0 Å². The van der Waals surface area contributed by atoms with Crippen molar-refractivity contribution in [3.63, 3.8) is 0 Å². The van der Waals surface area contributed by atoms with Crippen LogP contribution < -0.4 is 9.64 Å². The topological polar surface area (TPSA) is 94.1 Å². The van der Waals surface area contributed by atoms with Crippen molar-refractivity contribution in [3.8, 4) is 16.9 Å². The maximum absolute atomic E-state index is 13.6. The Labute approximate surface area is 272 Å². The summed E-state index contributed by atoms with van der Waals surface area (Å²) in [5, 5.41) is 0. The highest BCUT2D eigenvalue weighted by molar-refractivity contribution is 5.76. The van der Waals surface area contributed by atoms with Crippen LogP contribution in [0.4, 0.5) is 37.1 Å². The number of nitrogens with zero attached hydrogens (tertiary/aromatic N) is 4. The molecule has 3 aromatic rings. The summed E-state index contributed by atoms with van der Waals surface area (Å²) in [6, 6.07) is 5.55. The summed E-state index contributed by atoms with van der Waals surface area (Å²) < 4.78 is 97.6. The summed E-state index contributed by atoms with van der Waals surface area (Å²) in [7, 11) is 2.78. The molecule has 48 heavy (non-hydrogen) atoms. The molecule has 2 aromatic carbocycles. The number of amides is 1. The van der Waals surface area contributed by atoms with Crippen LogP contribution >= 0.6 is 0 Å². The Morgan fingerprint density at radius 2 is 1.60 bits per heavy atom. The van der Waals surface area contributed by atoms with Crippen LogP contribution in [0.1, 0.15) is 67.7 Å². The summed E-state index contributed by atoms with van der Waals surface area (Å²) in [6.07, 6.45) is -9.91. The molecule has 0 bridgehead atoms. The van der Waals surface area contributed by atoms with Crippen LogP contribution in [-0.4, -0.2) is 60.3 Å². The number of hydrogen-bond donors (Lipinski definition) is 0. The largest absolute Gasteiger partial charge is 0.496 e. The number of anilines is 1. The van der Waals surface area contributed by atoms with Gasteiger partial charge in [0.05, 0.1) is 50.0 Å². The van der Waals surface area contributed by atoms with Crippen molar-refractivity contribution in [3.05, 3.63) is 70.5 Å². The van der Waals surface area contributed by atoms with Crippen LogP contribution in [0.2, 0.25) is 0 Å². The predicted octanol–water partition coefficient (Wildman–Crippen LogP) is 7.32. The standard InChI is InChI=1S/C33H34F6N4O5/c1-18-28(19-11-21(32(34,35)36)13-22(12-19)33(37,38)39)48-30(45)43(18)17-25-24(16-40-29(41-25)42-9-6-10-42)23-14-20(7-8-26(23)46-4)31(2,3)15-27(44)47-5/h7-8,11-14,16,18,28H,6,9-10,15,17H2,1-5H3. The first-order chi connectivity index (χ1) is 22.4. The number of halogens is 6. The smallest absolute Gasteiger partial charge is 0.416 e. The van der Waals surface area contributed by atoms with Crippen molar-refractivity contribution in [2.75, 3.05) is 32.2 Å². The lowest BCUT2D eigenvalue weighted by atomic mass is 9.80. The summed E-state index contributed by atoms with van der Waals surface area (Å²) in [5.74, 6) is 0.429. The molecule has 2 fully saturated rings. The van der Waals surface area contributed by atoms with Gasteiger partial charge in [-0.2, -0.15) is 26.3 Å².